The van der Waals surface area contributed by atoms with Crippen LogP contribution in [-0.4, -0.2) is 4.98 Å². The van der Waals surface area contributed by atoms with Crippen LogP contribution < -0.4 is 0 Å². The Bertz CT molecular complexity index is 670. The molecule has 2 aromatic carbocycles. The van der Waals surface area contributed by atoms with E-state index in [4.69, 9.17) is 4.42 Å². The van der Waals surface area contributed by atoms with Crippen molar-refractivity contribution in [2.24, 2.45) is 0 Å². The molecule has 0 unspecified atom stereocenters. The zero-order valence-corrected chi connectivity index (χ0v) is 9.27. The van der Waals surface area contributed by atoms with Gasteiger partial charge in [-0.15, -0.1) is 0 Å². The van der Waals surface area contributed by atoms with Gasteiger partial charge in [0.15, 0.2) is 11.4 Å². The van der Waals surface area contributed by atoms with Gasteiger partial charge in [0.25, 0.3) is 0 Å². The van der Waals surface area contributed by atoms with Crippen LogP contribution in [0.4, 0.5) is 4.39 Å². The molecule has 0 saturated heterocycles. The lowest BCUT2D eigenvalue weighted by Crippen LogP contribution is -1.77. The van der Waals surface area contributed by atoms with Crippen molar-refractivity contribution in [3.05, 3.63) is 53.8 Å². The smallest absolute Gasteiger partial charge is 0.227 e. The van der Waals surface area contributed by atoms with Crippen LogP contribution in [-0.2, 0) is 0 Å². The Morgan fingerprint density at radius 1 is 1.06 bits per heavy atom. The number of benzene rings is 2. The van der Waals surface area contributed by atoms with Gasteiger partial charge in [0.1, 0.15) is 5.52 Å². The van der Waals surface area contributed by atoms with E-state index in [9.17, 15) is 4.39 Å². The number of fused-ring (bicyclic) bond motifs is 1. The first kappa shape index (κ1) is 10.0. The highest BCUT2D eigenvalue weighted by atomic mass is 19.1. The number of rotatable bonds is 1. The molecular formula is C14H10FNO. The third-order valence-corrected chi connectivity index (χ3v) is 2.67. The molecule has 3 heteroatoms. The maximum atomic E-state index is 13.4. The predicted octanol–water partition coefficient (Wildman–Crippen LogP) is 3.94. The molecule has 0 atom stereocenters. The minimum atomic E-state index is -0.381. The normalized spacial score (nSPS) is 10.9. The molecule has 3 aromatic rings. The van der Waals surface area contributed by atoms with Gasteiger partial charge in [0.05, 0.1) is 0 Å². The third kappa shape index (κ3) is 1.69. The molecule has 0 aliphatic heterocycles. The fraction of sp³-hybridized carbons (Fsp3) is 0.0714. The second-order valence-electron chi connectivity index (χ2n) is 3.97. The molecule has 0 spiro atoms. The third-order valence-electron chi connectivity index (χ3n) is 2.67. The summed E-state index contributed by atoms with van der Waals surface area (Å²) in [6.45, 7) is 2.01. The molecule has 0 aliphatic carbocycles. The van der Waals surface area contributed by atoms with E-state index in [1.807, 2.05) is 31.2 Å². The van der Waals surface area contributed by atoms with Crippen LogP contribution in [0.15, 0.2) is 46.9 Å². The van der Waals surface area contributed by atoms with E-state index in [1.54, 1.807) is 12.1 Å². The number of aromatic nitrogens is 1. The van der Waals surface area contributed by atoms with Crippen molar-refractivity contribution in [1.82, 2.24) is 4.98 Å². The van der Waals surface area contributed by atoms with Crippen LogP contribution in [0.2, 0.25) is 0 Å². The van der Waals surface area contributed by atoms with E-state index in [2.05, 4.69) is 4.98 Å². The van der Waals surface area contributed by atoms with Gasteiger partial charge in [-0.3, -0.25) is 0 Å². The minimum absolute atomic E-state index is 0.211. The van der Waals surface area contributed by atoms with Crippen LogP contribution >= 0.6 is 0 Å². The van der Waals surface area contributed by atoms with E-state index in [0.717, 1.165) is 11.1 Å². The largest absolute Gasteiger partial charge is 0.433 e. The second kappa shape index (κ2) is 3.70. The quantitative estimate of drug-likeness (QED) is 0.629. The van der Waals surface area contributed by atoms with E-state index < -0.39 is 0 Å². The predicted molar refractivity (Wildman–Crippen MR) is 64.1 cm³/mol. The molecule has 0 saturated carbocycles. The topological polar surface area (TPSA) is 26.0 Å². The summed E-state index contributed by atoms with van der Waals surface area (Å²) in [6, 6.07) is 12.5. The number of aryl methyl sites for hydroxylation is 1. The van der Waals surface area contributed by atoms with Crippen molar-refractivity contribution in [2.75, 3.05) is 0 Å². The molecule has 0 aliphatic rings. The Hall–Kier alpha value is -2.16. The Kier molecular flexibility index (Phi) is 2.18. The highest BCUT2D eigenvalue weighted by molar-refractivity contribution is 5.76. The first-order chi connectivity index (χ1) is 8.24. The molecule has 0 N–H and O–H groups in total. The Labute approximate surface area is 97.7 Å². The molecule has 0 amide bonds. The number of halogens is 1. The Morgan fingerprint density at radius 2 is 1.82 bits per heavy atom. The van der Waals surface area contributed by atoms with Crippen LogP contribution in [0.3, 0.4) is 0 Å². The van der Waals surface area contributed by atoms with Crippen molar-refractivity contribution >= 4 is 11.1 Å². The summed E-state index contributed by atoms with van der Waals surface area (Å²) < 4.78 is 18.9. The fourth-order valence-electron chi connectivity index (χ4n) is 1.74. The van der Waals surface area contributed by atoms with E-state index in [1.165, 1.54) is 6.07 Å². The van der Waals surface area contributed by atoms with Gasteiger partial charge in [-0.2, -0.15) is 0 Å². The maximum Gasteiger partial charge on any atom is 0.227 e. The number of hydrogen-bond donors (Lipinski definition) is 0. The average Bonchev–Trinajstić information content (AvgIpc) is 2.75. The molecule has 1 heterocycles. The maximum absolute atomic E-state index is 13.4. The number of nitrogens with zero attached hydrogens (tertiary/aromatic N) is 1. The molecule has 2 nitrogen and oxygen atoms in total. The van der Waals surface area contributed by atoms with Crippen molar-refractivity contribution in [3.8, 4) is 11.5 Å². The van der Waals surface area contributed by atoms with E-state index in [0.29, 0.717) is 11.4 Å². The second-order valence-corrected chi connectivity index (χ2v) is 3.97. The minimum Gasteiger partial charge on any atom is -0.433 e. The van der Waals surface area contributed by atoms with E-state index in [-0.39, 0.29) is 11.4 Å². The Balaban J connectivity index is 2.18. The molecule has 0 bridgehead atoms. The molecule has 0 fully saturated rings. The average molecular weight is 227 g/mol. The van der Waals surface area contributed by atoms with Crippen LogP contribution in [0.25, 0.3) is 22.6 Å². The van der Waals surface area contributed by atoms with E-state index >= 15 is 0 Å². The number of oxazole rings is 1. The van der Waals surface area contributed by atoms with Gasteiger partial charge in [-0.25, -0.2) is 9.37 Å². The molecule has 3 rings (SSSR count). The number of para-hydroxylation sites is 1. The lowest BCUT2D eigenvalue weighted by atomic mass is 10.1. The summed E-state index contributed by atoms with van der Waals surface area (Å²) >= 11 is 0. The van der Waals surface area contributed by atoms with Gasteiger partial charge in [-0.1, -0.05) is 23.8 Å². The summed E-state index contributed by atoms with van der Waals surface area (Å²) in [5.41, 5.74) is 2.77. The zero-order valence-electron chi connectivity index (χ0n) is 9.27. The molecule has 17 heavy (non-hydrogen) atoms. The van der Waals surface area contributed by atoms with Gasteiger partial charge in [0.2, 0.25) is 5.89 Å². The fourth-order valence-corrected chi connectivity index (χ4v) is 1.74. The van der Waals surface area contributed by atoms with Gasteiger partial charge < -0.3 is 4.42 Å². The van der Waals surface area contributed by atoms with Gasteiger partial charge in [-0.05, 0) is 31.2 Å². The summed E-state index contributed by atoms with van der Waals surface area (Å²) in [4.78, 5) is 4.27. The zero-order chi connectivity index (χ0) is 11.8. The van der Waals surface area contributed by atoms with Crippen LogP contribution in [0.1, 0.15) is 5.56 Å². The highest BCUT2D eigenvalue weighted by Gasteiger charge is 2.10. The monoisotopic (exact) mass is 227 g/mol. The standard InChI is InChI=1S/C14H10FNO/c1-9-5-7-10(8-6-9)14-16-12-4-2-3-11(15)13(12)17-14/h2-8H,1H3. The Morgan fingerprint density at radius 3 is 2.53 bits per heavy atom. The summed E-state index contributed by atoms with van der Waals surface area (Å²) in [5.74, 6) is 0.0680. The number of hydrogen-bond acceptors (Lipinski definition) is 2. The van der Waals surface area contributed by atoms with Gasteiger partial charge >= 0.3 is 0 Å². The molecular weight excluding hydrogens is 217 g/mol. The molecule has 1 aromatic heterocycles. The van der Waals surface area contributed by atoms with Crippen molar-refractivity contribution < 1.29 is 8.81 Å². The van der Waals surface area contributed by atoms with Crippen LogP contribution in [0, 0.1) is 12.7 Å². The summed E-state index contributed by atoms with van der Waals surface area (Å²) in [5, 5.41) is 0. The first-order valence-electron chi connectivity index (χ1n) is 5.36. The highest BCUT2D eigenvalue weighted by Crippen LogP contribution is 2.25. The first-order valence-corrected chi connectivity index (χ1v) is 5.36. The summed E-state index contributed by atoms with van der Waals surface area (Å²) in [7, 11) is 0. The van der Waals surface area contributed by atoms with Gasteiger partial charge in [0, 0.05) is 5.56 Å². The SMILES string of the molecule is Cc1ccc(-c2nc3cccc(F)c3o2)cc1. The molecule has 84 valence electrons. The van der Waals surface area contributed by atoms with Crippen LogP contribution in [0.5, 0.6) is 0 Å². The lowest BCUT2D eigenvalue weighted by Gasteiger charge is -1.95. The summed E-state index contributed by atoms with van der Waals surface area (Å²) in [6.07, 6.45) is 0. The van der Waals surface area contributed by atoms with Crippen molar-refractivity contribution in [1.29, 1.82) is 0 Å². The lowest BCUT2D eigenvalue weighted by molar-refractivity contribution is 0.564. The van der Waals surface area contributed by atoms with Crippen molar-refractivity contribution in [2.45, 2.75) is 6.92 Å². The molecule has 0 radical (unpaired) electrons. The van der Waals surface area contributed by atoms with Crippen molar-refractivity contribution in [3.63, 3.8) is 0 Å².